The van der Waals surface area contributed by atoms with Crippen LogP contribution >= 0.6 is 0 Å². The van der Waals surface area contributed by atoms with E-state index in [1.807, 2.05) is 13.0 Å². The number of ether oxygens (including phenoxy) is 1. The van der Waals surface area contributed by atoms with Crippen molar-refractivity contribution in [3.8, 4) is 0 Å². The van der Waals surface area contributed by atoms with Crippen molar-refractivity contribution in [2.24, 2.45) is 0 Å². The Morgan fingerprint density at radius 3 is 2.68 bits per heavy atom. The molecule has 22 heavy (non-hydrogen) atoms. The van der Waals surface area contributed by atoms with Crippen LogP contribution < -0.4 is 10.6 Å². The SMILES string of the molecule is CNCCC(=O)Nc1cccc(C(=O)N2CCOCC2)c1C. The second kappa shape index (κ2) is 7.91. The first-order chi connectivity index (χ1) is 10.6. The summed E-state index contributed by atoms with van der Waals surface area (Å²) in [6, 6.07) is 5.42. The molecule has 0 radical (unpaired) electrons. The van der Waals surface area contributed by atoms with Gasteiger partial charge in [-0.05, 0) is 31.7 Å². The number of nitrogens with one attached hydrogen (secondary N) is 2. The third kappa shape index (κ3) is 4.05. The number of nitrogens with zero attached hydrogens (tertiary/aromatic N) is 1. The minimum atomic E-state index is -0.0616. The molecule has 120 valence electrons. The predicted octanol–water partition coefficient (Wildman–Crippen LogP) is 1.02. The molecule has 2 amide bonds. The summed E-state index contributed by atoms with van der Waals surface area (Å²) >= 11 is 0. The first-order valence-electron chi connectivity index (χ1n) is 7.54. The fourth-order valence-electron chi connectivity index (χ4n) is 2.39. The van der Waals surface area contributed by atoms with Gasteiger partial charge in [0.1, 0.15) is 0 Å². The molecule has 1 aliphatic heterocycles. The summed E-state index contributed by atoms with van der Waals surface area (Å²) in [5.74, 6) is -0.0689. The summed E-state index contributed by atoms with van der Waals surface area (Å²) in [4.78, 5) is 26.2. The minimum absolute atomic E-state index is 0.00729. The van der Waals surface area contributed by atoms with Gasteiger partial charge in [0.25, 0.3) is 5.91 Å². The van der Waals surface area contributed by atoms with Gasteiger partial charge >= 0.3 is 0 Å². The maximum atomic E-state index is 12.6. The van der Waals surface area contributed by atoms with Crippen molar-refractivity contribution in [2.75, 3.05) is 45.2 Å². The summed E-state index contributed by atoms with van der Waals surface area (Å²) in [6.45, 7) is 4.85. The number of benzene rings is 1. The molecule has 1 aromatic carbocycles. The van der Waals surface area contributed by atoms with Crippen molar-refractivity contribution in [1.29, 1.82) is 0 Å². The molecule has 1 aliphatic rings. The maximum Gasteiger partial charge on any atom is 0.254 e. The van der Waals surface area contributed by atoms with Crippen LogP contribution in [-0.2, 0) is 9.53 Å². The molecule has 0 unspecified atom stereocenters. The molecule has 1 aromatic rings. The Morgan fingerprint density at radius 1 is 1.27 bits per heavy atom. The topological polar surface area (TPSA) is 70.7 Å². The zero-order chi connectivity index (χ0) is 15.9. The highest BCUT2D eigenvalue weighted by Gasteiger charge is 2.21. The third-order valence-corrected chi connectivity index (χ3v) is 3.74. The molecule has 1 fully saturated rings. The van der Waals surface area contributed by atoms with Crippen molar-refractivity contribution >= 4 is 17.5 Å². The van der Waals surface area contributed by atoms with Crippen LogP contribution in [0.2, 0.25) is 0 Å². The fourth-order valence-corrected chi connectivity index (χ4v) is 2.39. The Hall–Kier alpha value is -1.92. The number of amides is 2. The highest BCUT2D eigenvalue weighted by Crippen LogP contribution is 2.21. The Kier molecular flexibility index (Phi) is 5.91. The van der Waals surface area contributed by atoms with Crippen molar-refractivity contribution in [3.05, 3.63) is 29.3 Å². The molecule has 2 N–H and O–H groups in total. The second-order valence-corrected chi connectivity index (χ2v) is 5.28. The van der Waals surface area contributed by atoms with Crippen LogP contribution in [0, 0.1) is 6.92 Å². The van der Waals surface area contributed by atoms with E-state index in [1.54, 1.807) is 24.1 Å². The number of hydrogen-bond acceptors (Lipinski definition) is 4. The molecular weight excluding hydrogens is 282 g/mol. The van der Waals surface area contributed by atoms with Gasteiger partial charge in [-0.2, -0.15) is 0 Å². The van der Waals surface area contributed by atoms with Crippen LogP contribution in [0.3, 0.4) is 0 Å². The lowest BCUT2D eigenvalue weighted by Crippen LogP contribution is -2.41. The number of rotatable bonds is 5. The Labute approximate surface area is 130 Å². The summed E-state index contributed by atoms with van der Waals surface area (Å²) in [7, 11) is 1.81. The molecule has 0 spiro atoms. The average molecular weight is 305 g/mol. The molecule has 1 saturated heterocycles. The van der Waals surface area contributed by atoms with E-state index in [9.17, 15) is 9.59 Å². The predicted molar refractivity (Wildman–Crippen MR) is 85.1 cm³/mol. The first-order valence-corrected chi connectivity index (χ1v) is 7.54. The lowest BCUT2D eigenvalue weighted by Gasteiger charge is -2.27. The monoisotopic (exact) mass is 305 g/mol. The van der Waals surface area contributed by atoms with Gasteiger partial charge in [-0.1, -0.05) is 6.07 Å². The van der Waals surface area contributed by atoms with E-state index in [4.69, 9.17) is 4.74 Å². The minimum Gasteiger partial charge on any atom is -0.378 e. The van der Waals surface area contributed by atoms with E-state index >= 15 is 0 Å². The molecule has 0 aliphatic carbocycles. The van der Waals surface area contributed by atoms with E-state index in [-0.39, 0.29) is 11.8 Å². The van der Waals surface area contributed by atoms with Crippen LogP contribution in [0.4, 0.5) is 5.69 Å². The molecule has 0 saturated carbocycles. The zero-order valence-electron chi connectivity index (χ0n) is 13.1. The van der Waals surface area contributed by atoms with Crippen LogP contribution in [0.25, 0.3) is 0 Å². The van der Waals surface area contributed by atoms with Gasteiger partial charge in [-0.3, -0.25) is 9.59 Å². The fraction of sp³-hybridized carbons (Fsp3) is 0.500. The van der Waals surface area contributed by atoms with Crippen LogP contribution in [-0.4, -0.2) is 56.6 Å². The van der Waals surface area contributed by atoms with E-state index in [0.717, 1.165) is 5.56 Å². The number of anilines is 1. The van der Waals surface area contributed by atoms with Crippen molar-refractivity contribution < 1.29 is 14.3 Å². The smallest absolute Gasteiger partial charge is 0.254 e. The average Bonchev–Trinajstić information content (AvgIpc) is 2.55. The van der Waals surface area contributed by atoms with Crippen molar-refractivity contribution in [2.45, 2.75) is 13.3 Å². The van der Waals surface area contributed by atoms with Gasteiger partial charge in [-0.25, -0.2) is 0 Å². The van der Waals surface area contributed by atoms with Gasteiger partial charge in [0.15, 0.2) is 0 Å². The van der Waals surface area contributed by atoms with Crippen molar-refractivity contribution in [1.82, 2.24) is 10.2 Å². The molecule has 1 heterocycles. The quantitative estimate of drug-likeness (QED) is 0.852. The molecule has 6 nitrogen and oxygen atoms in total. The first kappa shape index (κ1) is 16.5. The number of morpholine rings is 1. The van der Waals surface area contributed by atoms with E-state index in [2.05, 4.69) is 10.6 Å². The summed E-state index contributed by atoms with van der Waals surface area (Å²) < 4.78 is 5.27. The van der Waals surface area contributed by atoms with Gasteiger partial charge in [-0.15, -0.1) is 0 Å². The molecule has 6 heteroatoms. The number of hydrogen-bond donors (Lipinski definition) is 2. The summed E-state index contributed by atoms with van der Waals surface area (Å²) in [5, 5.41) is 5.81. The van der Waals surface area contributed by atoms with Crippen molar-refractivity contribution in [3.63, 3.8) is 0 Å². The van der Waals surface area contributed by atoms with E-state index in [0.29, 0.717) is 50.5 Å². The lowest BCUT2D eigenvalue weighted by molar-refractivity contribution is -0.116. The van der Waals surface area contributed by atoms with Crippen LogP contribution in [0.15, 0.2) is 18.2 Å². The van der Waals surface area contributed by atoms with Gasteiger partial charge in [0.2, 0.25) is 5.91 Å². The molecule has 0 aromatic heterocycles. The summed E-state index contributed by atoms with van der Waals surface area (Å²) in [6.07, 6.45) is 0.400. The molecule has 0 atom stereocenters. The Morgan fingerprint density at radius 2 is 2.00 bits per heavy atom. The normalized spacial score (nSPS) is 14.7. The van der Waals surface area contributed by atoms with Gasteiger partial charge < -0.3 is 20.3 Å². The molecule has 0 bridgehead atoms. The van der Waals surface area contributed by atoms with Crippen LogP contribution in [0.5, 0.6) is 0 Å². The molecular formula is C16H23N3O3. The van der Waals surface area contributed by atoms with Gasteiger partial charge in [0, 0.05) is 37.3 Å². The lowest BCUT2D eigenvalue weighted by atomic mass is 10.0. The highest BCUT2D eigenvalue weighted by atomic mass is 16.5. The second-order valence-electron chi connectivity index (χ2n) is 5.28. The summed E-state index contributed by atoms with van der Waals surface area (Å²) in [5.41, 5.74) is 2.13. The standard InChI is InChI=1S/C16H23N3O3/c1-12-13(16(21)19-8-10-22-11-9-19)4-3-5-14(12)18-15(20)6-7-17-2/h3-5,17H,6-11H2,1-2H3,(H,18,20). The van der Waals surface area contributed by atoms with Crippen LogP contribution in [0.1, 0.15) is 22.3 Å². The van der Waals surface area contributed by atoms with E-state index in [1.165, 1.54) is 0 Å². The maximum absolute atomic E-state index is 12.6. The molecule has 2 rings (SSSR count). The highest BCUT2D eigenvalue weighted by molar-refractivity contribution is 5.99. The zero-order valence-corrected chi connectivity index (χ0v) is 13.1. The number of carbonyl (C=O) groups excluding carboxylic acids is 2. The largest absolute Gasteiger partial charge is 0.378 e. The van der Waals surface area contributed by atoms with Gasteiger partial charge in [0.05, 0.1) is 13.2 Å². The Balaban J connectivity index is 2.11. The third-order valence-electron chi connectivity index (χ3n) is 3.74. The number of carbonyl (C=O) groups is 2. The Bertz CT molecular complexity index is 539. The van der Waals surface area contributed by atoms with E-state index < -0.39 is 0 Å².